The largest absolute Gasteiger partial charge is 0.481 e. The number of hydrogen-bond acceptors (Lipinski definition) is 5. The summed E-state index contributed by atoms with van der Waals surface area (Å²) in [7, 11) is 0. The first-order chi connectivity index (χ1) is 12.3. The average Bonchev–Trinajstić information content (AvgIpc) is 3.07. The molecule has 140 valence electrons. The van der Waals surface area contributed by atoms with Crippen LogP contribution in [0.1, 0.15) is 51.0 Å². The number of hydrogen-bond donors (Lipinski definition) is 1. The van der Waals surface area contributed by atoms with Gasteiger partial charge in [-0.2, -0.15) is 0 Å². The molecule has 6 heteroatoms. The Morgan fingerprint density at radius 2 is 2.00 bits per heavy atom. The second-order valence-electron chi connectivity index (χ2n) is 8.53. The van der Waals surface area contributed by atoms with Crippen LogP contribution in [-0.2, 0) is 19.1 Å². The summed E-state index contributed by atoms with van der Waals surface area (Å²) in [6.07, 6.45) is 4.95. The number of cyclic esters (lactones) is 1. The van der Waals surface area contributed by atoms with Crippen molar-refractivity contribution in [1.29, 1.82) is 0 Å². The predicted molar refractivity (Wildman–Crippen MR) is 90.2 cm³/mol. The number of rotatable bonds is 2. The molecule has 1 aromatic rings. The molecule has 1 N–H and O–H groups in total. The smallest absolute Gasteiger partial charge is 0.309 e. The molecule has 4 rings (SSSR count). The molecule has 1 aromatic heterocycles. The summed E-state index contributed by atoms with van der Waals surface area (Å²) in [5.74, 6) is -2.64. The van der Waals surface area contributed by atoms with Crippen molar-refractivity contribution < 1.29 is 28.6 Å². The van der Waals surface area contributed by atoms with Crippen LogP contribution >= 0.6 is 0 Å². The van der Waals surface area contributed by atoms with Gasteiger partial charge in [0, 0.05) is 23.7 Å². The minimum absolute atomic E-state index is 0.0837. The molecule has 2 saturated carbocycles. The molecular weight excluding hydrogens is 336 g/mol. The van der Waals surface area contributed by atoms with Crippen LogP contribution in [0.4, 0.5) is 0 Å². The van der Waals surface area contributed by atoms with Gasteiger partial charge in [-0.3, -0.25) is 14.4 Å². The van der Waals surface area contributed by atoms with E-state index in [-0.39, 0.29) is 30.7 Å². The molecule has 1 saturated heterocycles. The Balaban J connectivity index is 1.87. The normalized spacial score (nSPS) is 42.5. The standard InChI is InChI=1S/C20H24O6/c1-19-7-5-13-18(24)26-10-14(11-6-8-25-9-11)20(13,2)16(19)15(21)4-3-12(19)17(22)23/h6,8-9,12-14,16H,3-5,7,10H2,1-2H3,(H,22,23). The monoisotopic (exact) mass is 360 g/mol. The molecule has 0 radical (unpaired) electrons. The lowest BCUT2D eigenvalue weighted by Crippen LogP contribution is -2.63. The van der Waals surface area contributed by atoms with E-state index in [1.165, 1.54) is 0 Å². The number of aliphatic carboxylic acids is 1. The second kappa shape index (κ2) is 5.69. The Labute approximate surface area is 151 Å². The maximum absolute atomic E-state index is 13.1. The van der Waals surface area contributed by atoms with E-state index in [2.05, 4.69) is 0 Å². The van der Waals surface area contributed by atoms with E-state index in [9.17, 15) is 19.5 Å². The van der Waals surface area contributed by atoms with Crippen LogP contribution in [0.3, 0.4) is 0 Å². The fraction of sp³-hybridized carbons (Fsp3) is 0.650. The summed E-state index contributed by atoms with van der Waals surface area (Å²) in [6, 6.07) is 1.85. The van der Waals surface area contributed by atoms with Crippen LogP contribution in [0.25, 0.3) is 0 Å². The van der Waals surface area contributed by atoms with Gasteiger partial charge in [0.25, 0.3) is 0 Å². The zero-order valence-corrected chi connectivity index (χ0v) is 15.1. The van der Waals surface area contributed by atoms with E-state index < -0.39 is 34.6 Å². The lowest BCUT2D eigenvalue weighted by atomic mass is 9.41. The molecule has 0 spiro atoms. The van der Waals surface area contributed by atoms with Gasteiger partial charge in [-0.1, -0.05) is 13.8 Å². The number of esters is 1. The number of ketones is 1. The number of Topliss-reactive ketones (excluding diaryl/α,β-unsaturated/α-hetero) is 1. The summed E-state index contributed by atoms with van der Waals surface area (Å²) in [6.45, 7) is 4.12. The zero-order valence-electron chi connectivity index (χ0n) is 15.1. The van der Waals surface area contributed by atoms with E-state index in [1.54, 1.807) is 12.5 Å². The number of furan rings is 1. The van der Waals surface area contributed by atoms with Crippen molar-refractivity contribution in [2.24, 2.45) is 28.6 Å². The highest BCUT2D eigenvalue weighted by atomic mass is 16.5. The van der Waals surface area contributed by atoms with Crippen LogP contribution in [0, 0.1) is 28.6 Å². The Morgan fingerprint density at radius 1 is 1.23 bits per heavy atom. The third kappa shape index (κ3) is 2.14. The minimum atomic E-state index is -0.842. The Morgan fingerprint density at radius 3 is 2.65 bits per heavy atom. The van der Waals surface area contributed by atoms with Crippen LogP contribution in [0.2, 0.25) is 0 Å². The SMILES string of the molecule is CC12CCC3C(=O)OCC(c4ccoc4)C3(C)C1C(=O)CCC2C(=O)O. The van der Waals surface area contributed by atoms with Crippen molar-refractivity contribution in [2.45, 2.75) is 45.4 Å². The molecule has 3 aliphatic rings. The number of carboxylic acid groups (broad SMARTS) is 1. The lowest BCUT2D eigenvalue weighted by molar-refractivity contribution is -0.196. The van der Waals surface area contributed by atoms with Crippen molar-refractivity contribution in [2.75, 3.05) is 6.61 Å². The summed E-state index contributed by atoms with van der Waals surface area (Å²) in [4.78, 5) is 37.6. The molecule has 2 aliphatic carbocycles. The highest BCUT2D eigenvalue weighted by Gasteiger charge is 2.67. The number of carboxylic acids is 1. The van der Waals surface area contributed by atoms with Gasteiger partial charge in [0.1, 0.15) is 5.78 Å². The third-order valence-corrected chi connectivity index (χ3v) is 7.47. The van der Waals surface area contributed by atoms with Crippen molar-refractivity contribution in [3.63, 3.8) is 0 Å². The first-order valence-corrected chi connectivity index (χ1v) is 9.24. The minimum Gasteiger partial charge on any atom is -0.481 e. The molecule has 0 bridgehead atoms. The highest BCUT2D eigenvalue weighted by Crippen LogP contribution is 2.66. The second-order valence-corrected chi connectivity index (χ2v) is 8.53. The van der Waals surface area contributed by atoms with E-state index >= 15 is 0 Å². The van der Waals surface area contributed by atoms with Crippen molar-refractivity contribution in [3.8, 4) is 0 Å². The van der Waals surface area contributed by atoms with Gasteiger partial charge in [-0.05, 0) is 36.3 Å². The van der Waals surface area contributed by atoms with Crippen LogP contribution in [0.15, 0.2) is 23.0 Å². The summed E-state index contributed by atoms with van der Waals surface area (Å²) >= 11 is 0. The van der Waals surface area contributed by atoms with Crippen molar-refractivity contribution >= 4 is 17.7 Å². The number of carbonyl (C=O) groups excluding carboxylic acids is 2. The van der Waals surface area contributed by atoms with E-state index in [0.29, 0.717) is 19.3 Å². The molecule has 0 aromatic carbocycles. The molecule has 6 unspecified atom stereocenters. The van der Waals surface area contributed by atoms with Gasteiger partial charge < -0.3 is 14.3 Å². The molecular formula is C20H24O6. The molecule has 6 nitrogen and oxygen atoms in total. The van der Waals surface area contributed by atoms with Crippen molar-refractivity contribution in [3.05, 3.63) is 24.2 Å². The molecule has 0 amide bonds. The summed E-state index contributed by atoms with van der Waals surface area (Å²) in [5.41, 5.74) is -0.414. The summed E-state index contributed by atoms with van der Waals surface area (Å²) < 4.78 is 10.7. The van der Waals surface area contributed by atoms with E-state index in [4.69, 9.17) is 9.15 Å². The fourth-order valence-corrected chi connectivity index (χ4v) is 6.27. The molecule has 26 heavy (non-hydrogen) atoms. The van der Waals surface area contributed by atoms with Gasteiger partial charge in [0.2, 0.25) is 0 Å². The van der Waals surface area contributed by atoms with Crippen LogP contribution < -0.4 is 0 Å². The molecule has 6 atom stereocenters. The molecule has 1 aliphatic heterocycles. The topological polar surface area (TPSA) is 93.8 Å². The van der Waals surface area contributed by atoms with Crippen LogP contribution in [-0.4, -0.2) is 29.4 Å². The molecule has 2 heterocycles. The lowest BCUT2D eigenvalue weighted by Gasteiger charge is -2.61. The van der Waals surface area contributed by atoms with Crippen LogP contribution in [0.5, 0.6) is 0 Å². The fourth-order valence-electron chi connectivity index (χ4n) is 6.27. The third-order valence-electron chi connectivity index (χ3n) is 7.47. The van der Waals surface area contributed by atoms with Gasteiger partial charge in [-0.15, -0.1) is 0 Å². The van der Waals surface area contributed by atoms with Crippen molar-refractivity contribution in [1.82, 2.24) is 0 Å². The maximum atomic E-state index is 13.1. The first-order valence-electron chi connectivity index (χ1n) is 9.24. The van der Waals surface area contributed by atoms with Gasteiger partial charge in [0.15, 0.2) is 0 Å². The van der Waals surface area contributed by atoms with Gasteiger partial charge in [-0.25, -0.2) is 0 Å². The Kier molecular flexibility index (Phi) is 3.79. The Bertz CT molecular complexity index is 752. The number of ether oxygens (including phenoxy) is 1. The quantitative estimate of drug-likeness (QED) is 0.815. The van der Waals surface area contributed by atoms with Gasteiger partial charge in [0.05, 0.1) is 31.0 Å². The number of fused-ring (bicyclic) bond motifs is 3. The number of carbonyl (C=O) groups is 3. The van der Waals surface area contributed by atoms with E-state index in [1.807, 2.05) is 19.9 Å². The van der Waals surface area contributed by atoms with E-state index in [0.717, 1.165) is 5.56 Å². The molecule has 3 fully saturated rings. The highest BCUT2D eigenvalue weighted by molar-refractivity contribution is 5.88. The first kappa shape index (κ1) is 17.3. The van der Waals surface area contributed by atoms with Gasteiger partial charge >= 0.3 is 11.9 Å². The summed E-state index contributed by atoms with van der Waals surface area (Å²) in [5, 5.41) is 9.79. The zero-order chi connectivity index (χ0) is 18.7. The maximum Gasteiger partial charge on any atom is 0.309 e. The average molecular weight is 360 g/mol. The predicted octanol–water partition coefficient (Wildman–Crippen LogP) is 3.02. The Hall–Kier alpha value is -2.11.